The maximum atomic E-state index is 6.10. The normalized spacial score (nSPS) is 17.3. The molecule has 0 amide bonds. The Morgan fingerprint density at radius 1 is 1.31 bits per heavy atom. The van der Waals surface area contributed by atoms with Crippen molar-refractivity contribution >= 4 is 22.6 Å². The standard InChI is InChI=1S/C11H13ClN4/c12-10-9-8(6-16-3-1-2-4-16)5-13-11(9)15-7-14-10/h5,7H,1-4,6H2,(H,13,14,15). The van der Waals surface area contributed by atoms with Crippen LogP contribution in [0.1, 0.15) is 18.4 Å². The average molecular weight is 237 g/mol. The molecule has 3 rings (SSSR count). The van der Waals surface area contributed by atoms with Crippen molar-refractivity contribution in [1.29, 1.82) is 0 Å². The van der Waals surface area contributed by atoms with E-state index in [9.17, 15) is 0 Å². The monoisotopic (exact) mass is 236 g/mol. The summed E-state index contributed by atoms with van der Waals surface area (Å²) in [6, 6.07) is 0. The zero-order valence-corrected chi connectivity index (χ0v) is 9.67. The van der Waals surface area contributed by atoms with Crippen LogP contribution in [0.3, 0.4) is 0 Å². The Bertz CT molecular complexity index is 502. The van der Waals surface area contributed by atoms with Crippen molar-refractivity contribution in [2.45, 2.75) is 19.4 Å². The largest absolute Gasteiger partial charge is 0.346 e. The van der Waals surface area contributed by atoms with Crippen molar-refractivity contribution in [3.05, 3.63) is 23.2 Å². The fraction of sp³-hybridized carbons (Fsp3) is 0.455. The lowest BCUT2D eigenvalue weighted by Crippen LogP contribution is -2.18. The molecule has 2 aromatic heterocycles. The molecule has 0 spiro atoms. The Labute approximate surface area is 98.6 Å². The summed E-state index contributed by atoms with van der Waals surface area (Å²) in [5.41, 5.74) is 2.02. The number of nitrogens with zero attached hydrogens (tertiary/aromatic N) is 3. The van der Waals surface area contributed by atoms with E-state index in [4.69, 9.17) is 11.6 Å². The third-order valence-corrected chi connectivity index (χ3v) is 3.38. The molecule has 84 valence electrons. The number of hydrogen-bond acceptors (Lipinski definition) is 3. The first kappa shape index (κ1) is 10.1. The van der Waals surface area contributed by atoms with Crippen LogP contribution in [0.4, 0.5) is 0 Å². The van der Waals surface area contributed by atoms with Crippen LogP contribution < -0.4 is 0 Å². The Kier molecular flexibility index (Phi) is 2.53. The second-order valence-corrected chi connectivity index (χ2v) is 4.54. The summed E-state index contributed by atoms with van der Waals surface area (Å²) < 4.78 is 0. The van der Waals surface area contributed by atoms with Crippen LogP contribution in [0.25, 0.3) is 11.0 Å². The molecule has 5 heteroatoms. The summed E-state index contributed by atoms with van der Waals surface area (Å²) in [6.07, 6.45) is 6.07. The number of likely N-dealkylation sites (tertiary alicyclic amines) is 1. The van der Waals surface area contributed by atoms with Crippen molar-refractivity contribution in [2.24, 2.45) is 0 Å². The van der Waals surface area contributed by atoms with E-state index in [-0.39, 0.29) is 0 Å². The van der Waals surface area contributed by atoms with E-state index in [1.807, 2.05) is 6.20 Å². The number of H-pyrrole nitrogens is 1. The molecule has 1 saturated heterocycles. The zero-order valence-electron chi connectivity index (χ0n) is 8.91. The molecule has 0 aliphatic carbocycles. The highest BCUT2D eigenvalue weighted by Gasteiger charge is 2.15. The van der Waals surface area contributed by atoms with Gasteiger partial charge in [-0.1, -0.05) is 11.6 Å². The summed E-state index contributed by atoms with van der Waals surface area (Å²) in [5.74, 6) is 0. The molecule has 1 aliphatic rings. The maximum Gasteiger partial charge on any atom is 0.142 e. The van der Waals surface area contributed by atoms with Gasteiger partial charge >= 0.3 is 0 Å². The second kappa shape index (κ2) is 4.03. The van der Waals surface area contributed by atoms with Crippen LogP contribution in [-0.4, -0.2) is 32.9 Å². The molecule has 0 saturated carbocycles. The maximum absolute atomic E-state index is 6.10. The molecule has 0 aromatic carbocycles. The molecule has 0 bridgehead atoms. The molecule has 1 aliphatic heterocycles. The van der Waals surface area contributed by atoms with Gasteiger partial charge in [-0.2, -0.15) is 0 Å². The predicted molar refractivity (Wildman–Crippen MR) is 63.4 cm³/mol. The number of nitrogens with one attached hydrogen (secondary N) is 1. The summed E-state index contributed by atoms with van der Waals surface area (Å²) >= 11 is 6.10. The summed E-state index contributed by atoms with van der Waals surface area (Å²) in [6.45, 7) is 3.29. The van der Waals surface area contributed by atoms with Crippen LogP contribution in [0.15, 0.2) is 12.5 Å². The number of halogens is 1. The predicted octanol–water partition coefficient (Wildman–Crippen LogP) is 2.21. The highest BCUT2D eigenvalue weighted by atomic mass is 35.5. The van der Waals surface area contributed by atoms with Crippen molar-refractivity contribution in [3.63, 3.8) is 0 Å². The number of aromatic nitrogens is 3. The third-order valence-electron chi connectivity index (χ3n) is 3.10. The molecule has 0 unspecified atom stereocenters. The molecule has 16 heavy (non-hydrogen) atoms. The van der Waals surface area contributed by atoms with E-state index < -0.39 is 0 Å². The number of aromatic amines is 1. The highest BCUT2D eigenvalue weighted by molar-refractivity contribution is 6.34. The minimum atomic E-state index is 0.542. The van der Waals surface area contributed by atoms with E-state index in [1.165, 1.54) is 37.8 Å². The quantitative estimate of drug-likeness (QED) is 0.814. The first-order valence-electron chi connectivity index (χ1n) is 5.53. The van der Waals surface area contributed by atoms with Gasteiger partial charge in [-0.05, 0) is 31.5 Å². The number of fused-ring (bicyclic) bond motifs is 1. The lowest BCUT2D eigenvalue weighted by Gasteiger charge is -2.13. The molecule has 2 aromatic rings. The Morgan fingerprint density at radius 2 is 2.12 bits per heavy atom. The summed E-state index contributed by atoms with van der Waals surface area (Å²) in [5, 5.41) is 1.51. The Morgan fingerprint density at radius 3 is 2.94 bits per heavy atom. The van der Waals surface area contributed by atoms with Gasteiger partial charge in [0.25, 0.3) is 0 Å². The molecular weight excluding hydrogens is 224 g/mol. The molecule has 0 radical (unpaired) electrons. The van der Waals surface area contributed by atoms with Gasteiger partial charge in [0.1, 0.15) is 17.1 Å². The van der Waals surface area contributed by atoms with E-state index in [0.717, 1.165) is 17.6 Å². The fourth-order valence-electron chi connectivity index (χ4n) is 2.29. The molecular formula is C11H13ClN4. The topological polar surface area (TPSA) is 44.8 Å². The summed E-state index contributed by atoms with van der Waals surface area (Å²) in [4.78, 5) is 13.8. The lowest BCUT2D eigenvalue weighted by atomic mass is 10.2. The summed E-state index contributed by atoms with van der Waals surface area (Å²) in [7, 11) is 0. The smallest absolute Gasteiger partial charge is 0.142 e. The van der Waals surface area contributed by atoms with E-state index in [0.29, 0.717) is 5.15 Å². The van der Waals surface area contributed by atoms with Gasteiger partial charge in [0, 0.05) is 12.7 Å². The van der Waals surface area contributed by atoms with E-state index in [2.05, 4.69) is 19.9 Å². The Hall–Kier alpha value is -1.13. The van der Waals surface area contributed by atoms with Crippen molar-refractivity contribution in [1.82, 2.24) is 19.9 Å². The molecule has 4 nitrogen and oxygen atoms in total. The van der Waals surface area contributed by atoms with Gasteiger partial charge < -0.3 is 4.98 Å². The molecule has 1 N–H and O–H groups in total. The van der Waals surface area contributed by atoms with Gasteiger partial charge in [0.15, 0.2) is 0 Å². The highest BCUT2D eigenvalue weighted by Crippen LogP contribution is 2.25. The SMILES string of the molecule is Clc1ncnc2[nH]cc(CN3CCCC3)c12. The molecule has 3 heterocycles. The van der Waals surface area contributed by atoms with E-state index in [1.54, 1.807) is 0 Å². The first-order valence-corrected chi connectivity index (χ1v) is 5.91. The van der Waals surface area contributed by atoms with Crippen LogP contribution in [0, 0.1) is 0 Å². The fourth-order valence-corrected chi connectivity index (χ4v) is 2.55. The van der Waals surface area contributed by atoms with Gasteiger partial charge in [-0.3, -0.25) is 4.90 Å². The lowest BCUT2D eigenvalue weighted by molar-refractivity contribution is 0.332. The van der Waals surface area contributed by atoms with Crippen molar-refractivity contribution in [3.8, 4) is 0 Å². The molecule has 0 atom stereocenters. The first-order chi connectivity index (χ1) is 7.84. The number of hydrogen-bond donors (Lipinski definition) is 1. The van der Waals surface area contributed by atoms with Crippen molar-refractivity contribution < 1.29 is 0 Å². The van der Waals surface area contributed by atoms with Crippen molar-refractivity contribution in [2.75, 3.05) is 13.1 Å². The van der Waals surface area contributed by atoms with Crippen LogP contribution in [0.5, 0.6) is 0 Å². The Balaban J connectivity index is 1.97. The van der Waals surface area contributed by atoms with E-state index >= 15 is 0 Å². The third kappa shape index (κ3) is 1.68. The number of rotatable bonds is 2. The second-order valence-electron chi connectivity index (χ2n) is 4.19. The van der Waals surface area contributed by atoms with Gasteiger partial charge in [-0.15, -0.1) is 0 Å². The van der Waals surface area contributed by atoms with Gasteiger partial charge in [0.2, 0.25) is 0 Å². The van der Waals surface area contributed by atoms with Crippen LogP contribution in [0.2, 0.25) is 5.15 Å². The van der Waals surface area contributed by atoms with Crippen LogP contribution >= 0.6 is 11.6 Å². The minimum absolute atomic E-state index is 0.542. The van der Waals surface area contributed by atoms with Gasteiger partial charge in [-0.25, -0.2) is 9.97 Å². The average Bonchev–Trinajstić information content (AvgIpc) is 2.90. The molecule has 1 fully saturated rings. The minimum Gasteiger partial charge on any atom is -0.346 e. The van der Waals surface area contributed by atoms with Crippen LogP contribution in [-0.2, 0) is 6.54 Å². The zero-order chi connectivity index (χ0) is 11.0. The van der Waals surface area contributed by atoms with Gasteiger partial charge in [0.05, 0.1) is 5.39 Å².